The van der Waals surface area contributed by atoms with Crippen molar-refractivity contribution in [1.82, 2.24) is 0 Å². The number of benzene rings is 15. The average molecular weight is 1860 g/mol. The first kappa shape index (κ1) is 90.0. The molecule has 0 N–H and O–H groups in total. The highest BCUT2D eigenvalue weighted by molar-refractivity contribution is 7.01. The molecule has 0 amide bonds. The quantitative estimate of drug-likeness (QED) is 0.125. The Balaban J connectivity index is 0.000000113. The molecule has 3 saturated carbocycles. The summed E-state index contributed by atoms with van der Waals surface area (Å²) in [5.74, 6) is 6.26. The first-order valence-corrected chi connectivity index (χ1v) is 52.9. The zero-order valence-electron chi connectivity index (χ0n) is 86.2. The van der Waals surface area contributed by atoms with Gasteiger partial charge < -0.3 is 43.6 Å². The fourth-order valence-corrected chi connectivity index (χ4v) is 28.3. The molecular formula is C130H131B3N6O3. The summed E-state index contributed by atoms with van der Waals surface area (Å²) in [5, 5.41) is 0. The Morgan fingerprint density at radius 3 is 0.880 bits per heavy atom. The van der Waals surface area contributed by atoms with Crippen LogP contribution in [-0.2, 0) is 32.5 Å². The van der Waals surface area contributed by atoms with Crippen LogP contribution in [0.1, 0.15) is 245 Å². The number of nitrogens with zero attached hydrogens (tertiary/aromatic N) is 6. The van der Waals surface area contributed by atoms with Gasteiger partial charge in [0.1, 0.15) is 34.5 Å². The Bertz CT molecular complexity index is 7480. The lowest BCUT2D eigenvalue weighted by atomic mass is 9.34. The minimum atomic E-state index is 0.00858. The van der Waals surface area contributed by atoms with Crippen molar-refractivity contribution < 1.29 is 14.2 Å². The van der Waals surface area contributed by atoms with Gasteiger partial charge in [-0.2, -0.15) is 0 Å². The monoisotopic (exact) mass is 1860 g/mol. The van der Waals surface area contributed by atoms with Gasteiger partial charge in [0, 0.05) is 120 Å². The van der Waals surface area contributed by atoms with E-state index in [1.54, 1.807) is 16.7 Å². The predicted molar refractivity (Wildman–Crippen MR) is 600 cm³/mol. The van der Waals surface area contributed by atoms with Crippen molar-refractivity contribution >= 4 is 155 Å². The Kier molecular flexibility index (Phi) is 20.5. The molecule has 3 aliphatic carbocycles. The van der Waals surface area contributed by atoms with Crippen molar-refractivity contribution in [1.29, 1.82) is 0 Å². The van der Waals surface area contributed by atoms with E-state index in [2.05, 4.69) is 469 Å². The maximum Gasteiger partial charge on any atom is 0.256 e. The van der Waals surface area contributed by atoms with Gasteiger partial charge in [0.2, 0.25) is 0 Å². The molecule has 3 fully saturated rings. The van der Waals surface area contributed by atoms with Gasteiger partial charge in [0.05, 0.1) is 16.6 Å². The maximum absolute atomic E-state index is 7.08. The van der Waals surface area contributed by atoms with Crippen LogP contribution >= 0.6 is 0 Å². The molecule has 15 aromatic rings. The fourth-order valence-electron chi connectivity index (χ4n) is 28.3. The molecule has 12 aliphatic rings. The number of aryl methyl sites for hydroxylation is 1. The van der Waals surface area contributed by atoms with Gasteiger partial charge in [0.15, 0.2) is 0 Å². The highest BCUT2D eigenvalue weighted by Gasteiger charge is 2.65. The van der Waals surface area contributed by atoms with Crippen molar-refractivity contribution in [3.05, 3.63) is 360 Å². The molecule has 0 bridgehead atoms. The molecule has 9 heterocycles. The smallest absolute Gasteiger partial charge is 0.256 e. The third kappa shape index (κ3) is 13.3. The van der Waals surface area contributed by atoms with Gasteiger partial charge in [-0.05, 0) is 304 Å². The van der Waals surface area contributed by atoms with Gasteiger partial charge in [-0.25, -0.2) is 0 Å². The maximum atomic E-state index is 7.08. The summed E-state index contributed by atoms with van der Waals surface area (Å²) >= 11 is 0. The number of anilines is 15. The summed E-state index contributed by atoms with van der Waals surface area (Å²) in [6.07, 6.45) is 15.0. The summed E-state index contributed by atoms with van der Waals surface area (Å²) < 4.78 is 20.9. The zero-order valence-corrected chi connectivity index (χ0v) is 86.2. The van der Waals surface area contributed by atoms with Crippen LogP contribution in [-0.4, -0.2) is 36.8 Å². The van der Waals surface area contributed by atoms with E-state index in [9.17, 15) is 0 Å². The molecule has 0 spiro atoms. The standard InChI is InChI=1S/C50H57BN2O.C41H39BN2O.C39H35BN2O/c1-46(2,3)32-17-21-35(22-18-32)52(36-23-19-33(20-24-36)47(4,5)6)37-25-26-39-43(31-37)54-42-16-14-15-41-44(42)51(39)40-30-34(48(7,8)9)29-38-45(40)53(41)50(11)28-13-12-27-49(38,50)10;1-27(2)28-24-32-39-34(25-28)42-33-21-20-31(43(29-14-7-5-8-15-29)30-16-9-6-10-17-30)26-37(33)45-36-19-13-18-35(38(36)42)44(39)41(4)23-12-11-22-40(32,41)3;1-26-23-30-37-32(24-26)40-31-20-19-29(41(27-13-6-4-7-14-27)28-15-8-5-9-16-28)25-35(31)43-34-18-12-17-33(36(34)40)42(37)39(3)22-11-10-21-38(30,39)2/h14-26,29-31H,12-13,27-28H2,1-11H3;5-10,13-21,24-27H,11-12,22-23H2,1-4H3;4-9,12-20,23-25H,10-11,21-22H2,1-3H3. The van der Waals surface area contributed by atoms with E-state index in [0.717, 1.165) is 85.7 Å². The summed E-state index contributed by atoms with van der Waals surface area (Å²) in [7, 11) is 0. The fraction of sp³-hybridized carbons (Fsp3) is 0.308. The lowest BCUT2D eigenvalue weighted by molar-refractivity contribution is 0.195. The van der Waals surface area contributed by atoms with Crippen LogP contribution in [0.25, 0.3) is 0 Å². The summed E-state index contributed by atoms with van der Waals surface area (Å²) in [4.78, 5) is 15.3. The molecule has 15 aromatic carbocycles. The molecule has 0 saturated heterocycles. The molecule has 9 nitrogen and oxygen atoms in total. The number of rotatable bonds is 10. The van der Waals surface area contributed by atoms with Gasteiger partial charge in [-0.3, -0.25) is 0 Å². The third-order valence-electron chi connectivity index (χ3n) is 36.4. The minimum absolute atomic E-state index is 0.00858. The van der Waals surface area contributed by atoms with Crippen molar-refractivity contribution in [2.24, 2.45) is 0 Å². The predicted octanol–water partition coefficient (Wildman–Crippen LogP) is 28.8. The second-order valence-corrected chi connectivity index (χ2v) is 47.8. The topological polar surface area (TPSA) is 47.1 Å². The molecule has 0 radical (unpaired) electrons. The van der Waals surface area contributed by atoms with Crippen LogP contribution in [0.2, 0.25) is 0 Å². The molecule has 708 valence electrons. The summed E-state index contributed by atoms with van der Waals surface area (Å²) in [6.45, 7) is 43.4. The number of fused-ring (bicyclic) bond motifs is 21. The van der Waals surface area contributed by atoms with Crippen LogP contribution in [0.3, 0.4) is 0 Å². The molecule has 9 aliphatic heterocycles. The SMILES string of the molecule is CC(C)(C)c1ccc(N(c2ccc(C(C)(C)C)cc2)c2ccc3c(c2)Oc2cccc4c2B3c2cc(C(C)(C)C)cc3c2N4C2(C)CCCCC32C)cc1.CC(C)c1cc2c3c(c1)C1(C)CCCCC1(C)N3c1cccc3c1B2c1ccc(N(c2ccccc2)c2ccccc2)cc1O3.Cc1cc2c3c(c1)C1(C)CCCCC1(C)N3c1cccc3c1B2c1ccc(N(c2ccccc2)c2ccccc2)cc1O3. The zero-order chi connectivity index (χ0) is 97.6. The van der Waals surface area contributed by atoms with Gasteiger partial charge in [0.25, 0.3) is 20.1 Å². The molecule has 0 aromatic heterocycles. The van der Waals surface area contributed by atoms with E-state index in [1.807, 2.05) is 0 Å². The summed E-state index contributed by atoms with van der Waals surface area (Å²) in [6, 6.07) is 117. The van der Waals surface area contributed by atoms with E-state index in [-0.39, 0.29) is 69.2 Å². The van der Waals surface area contributed by atoms with E-state index >= 15 is 0 Å². The molecule has 12 heteroatoms. The van der Waals surface area contributed by atoms with Crippen LogP contribution in [0.4, 0.5) is 85.3 Å². The van der Waals surface area contributed by atoms with Crippen LogP contribution < -0.4 is 92.8 Å². The van der Waals surface area contributed by atoms with Gasteiger partial charge in [-0.15, -0.1) is 0 Å². The molecule has 27 rings (SSSR count). The van der Waals surface area contributed by atoms with E-state index in [0.29, 0.717) is 5.92 Å². The number of ether oxygens (including phenoxy) is 3. The summed E-state index contributed by atoms with van der Waals surface area (Å²) in [5.41, 5.74) is 42.7. The van der Waals surface area contributed by atoms with Crippen LogP contribution in [0.5, 0.6) is 34.5 Å². The lowest BCUT2D eigenvalue weighted by Gasteiger charge is -2.52. The minimum Gasteiger partial charge on any atom is -0.458 e. The van der Waals surface area contributed by atoms with E-state index < -0.39 is 0 Å². The Labute approximate surface area is 843 Å². The molecule has 6 atom stereocenters. The Morgan fingerprint density at radius 2 is 0.556 bits per heavy atom. The van der Waals surface area contributed by atoms with Crippen LogP contribution in [0, 0.1) is 6.92 Å². The van der Waals surface area contributed by atoms with Crippen LogP contribution in [0.15, 0.2) is 315 Å². The Hall–Kier alpha value is -13.3. The Morgan fingerprint density at radius 1 is 0.268 bits per heavy atom. The van der Waals surface area contributed by atoms with Crippen molar-refractivity contribution in [2.45, 2.75) is 257 Å². The first-order valence-electron chi connectivity index (χ1n) is 52.9. The first-order chi connectivity index (χ1) is 68.3. The van der Waals surface area contributed by atoms with E-state index in [4.69, 9.17) is 14.2 Å². The average Bonchev–Trinajstić information content (AvgIpc) is 1.49. The lowest BCUT2D eigenvalue weighted by Crippen LogP contribution is -2.63. The number of hydrogen-bond donors (Lipinski definition) is 0. The molecule has 6 unspecified atom stereocenters. The van der Waals surface area contributed by atoms with Gasteiger partial charge in [-0.1, -0.05) is 311 Å². The van der Waals surface area contributed by atoms with Gasteiger partial charge >= 0.3 is 0 Å². The third-order valence-corrected chi connectivity index (χ3v) is 36.4. The van der Waals surface area contributed by atoms with Crippen molar-refractivity contribution in [3.8, 4) is 34.5 Å². The van der Waals surface area contributed by atoms with Crippen molar-refractivity contribution in [3.63, 3.8) is 0 Å². The second kappa shape index (κ2) is 32.4. The molecule has 142 heavy (non-hydrogen) atoms. The largest absolute Gasteiger partial charge is 0.458 e. The highest BCUT2D eigenvalue weighted by atomic mass is 16.5. The highest BCUT2D eigenvalue weighted by Crippen LogP contribution is 2.66. The number of para-hydroxylation sites is 4. The van der Waals surface area contributed by atoms with E-state index in [1.165, 1.54) is 188 Å². The normalized spacial score (nSPS) is 21.7. The van der Waals surface area contributed by atoms with Crippen molar-refractivity contribution in [2.75, 3.05) is 29.4 Å². The molecular weight excluding hydrogens is 1730 g/mol. The number of hydrogen-bond acceptors (Lipinski definition) is 9. The second-order valence-electron chi connectivity index (χ2n) is 47.8.